The number of hydrogen-bond acceptors (Lipinski definition) is 3. The molecule has 90 valence electrons. The molecule has 0 bridgehead atoms. The van der Waals surface area contributed by atoms with E-state index in [1.165, 1.54) is 0 Å². The molecule has 1 rings (SSSR count). The summed E-state index contributed by atoms with van der Waals surface area (Å²) in [6, 6.07) is 6.98. The number of rotatable bonds is 5. The fraction of sp³-hybridized carbons (Fsp3) is 0.400. The Labute approximate surface area is 109 Å². The van der Waals surface area contributed by atoms with Crippen molar-refractivity contribution in [3.8, 4) is 5.75 Å². The van der Waals surface area contributed by atoms with Crippen molar-refractivity contribution in [1.29, 1.82) is 0 Å². The Hall–Kier alpha value is -0.100. The van der Waals surface area contributed by atoms with Crippen LogP contribution < -0.4 is 4.52 Å². The number of hydrogen-bond donors (Lipinski definition) is 1. The molecule has 0 aliphatic rings. The minimum absolute atomic E-state index is 0.308. The van der Waals surface area contributed by atoms with Crippen molar-refractivity contribution in [2.75, 3.05) is 0 Å². The lowest BCUT2D eigenvalue weighted by Gasteiger charge is -2.17. The third-order valence-electron chi connectivity index (χ3n) is 1.94. The van der Waals surface area contributed by atoms with Crippen LogP contribution in [0.2, 0.25) is 0 Å². The van der Waals surface area contributed by atoms with Crippen molar-refractivity contribution < 1.29 is 18.5 Å². The molecule has 0 radical (unpaired) electrons. The van der Waals surface area contributed by atoms with E-state index < -0.39 is 7.82 Å². The van der Waals surface area contributed by atoms with Crippen molar-refractivity contribution in [2.24, 2.45) is 0 Å². The Kier molecular flexibility index (Phi) is 5.24. The van der Waals surface area contributed by atoms with Crippen LogP contribution in [0.25, 0.3) is 0 Å². The molecule has 0 aliphatic heterocycles. The van der Waals surface area contributed by atoms with Crippen LogP contribution in [-0.4, -0.2) is 11.0 Å². The van der Waals surface area contributed by atoms with Crippen molar-refractivity contribution in [2.45, 2.75) is 26.4 Å². The van der Waals surface area contributed by atoms with Crippen molar-refractivity contribution in [1.82, 2.24) is 0 Å². The highest BCUT2D eigenvalue weighted by Gasteiger charge is 2.26. The Morgan fingerprint density at radius 2 is 2.12 bits per heavy atom. The van der Waals surface area contributed by atoms with Gasteiger partial charge < -0.3 is 4.52 Å². The van der Waals surface area contributed by atoms with Crippen LogP contribution in [0.15, 0.2) is 24.3 Å². The van der Waals surface area contributed by atoms with E-state index in [9.17, 15) is 9.46 Å². The van der Waals surface area contributed by atoms with E-state index in [2.05, 4.69) is 0 Å². The average molecular weight is 356 g/mol. The number of phosphoric acid groups is 1. The van der Waals surface area contributed by atoms with E-state index in [0.717, 1.165) is 3.57 Å². The lowest BCUT2D eigenvalue weighted by Crippen LogP contribution is -2.07. The number of para-hydroxylation sites is 1. The standard InChI is InChI=1S/C10H14IO4P/c1-3-8(2)14-16(12,13)15-10-7-5-4-6-9(10)11/h4-8H,3H2,1-2H3,(H,12,13). The minimum Gasteiger partial charge on any atom is -0.403 e. The molecular formula is C10H14IO4P. The van der Waals surface area contributed by atoms with Gasteiger partial charge in [-0.05, 0) is 48.1 Å². The molecule has 0 aliphatic carbocycles. The SMILES string of the molecule is CCC(C)OP(=O)(O)Oc1ccccc1I. The molecule has 0 saturated heterocycles. The molecule has 0 saturated carbocycles. The summed E-state index contributed by atoms with van der Waals surface area (Å²) in [5, 5.41) is 0. The first-order chi connectivity index (χ1) is 7.44. The van der Waals surface area contributed by atoms with Gasteiger partial charge in [0.05, 0.1) is 9.67 Å². The second kappa shape index (κ2) is 6.00. The zero-order valence-electron chi connectivity index (χ0n) is 9.09. The summed E-state index contributed by atoms with van der Waals surface area (Å²) < 4.78 is 22.3. The summed E-state index contributed by atoms with van der Waals surface area (Å²) in [6.45, 7) is 3.60. The highest BCUT2D eigenvalue weighted by molar-refractivity contribution is 14.1. The largest absolute Gasteiger partial charge is 0.527 e. The molecule has 0 fully saturated rings. The molecule has 16 heavy (non-hydrogen) atoms. The van der Waals surface area contributed by atoms with Gasteiger partial charge in [-0.1, -0.05) is 19.1 Å². The van der Waals surface area contributed by atoms with Crippen molar-refractivity contribution >= 4 is 30.4 Å². The van der Waals surface area contributed by atoms with Gasteiger partial charge >= 0.3 is 7.82 Å². The predicted molar refractivity (Wildman–Crippen MR) is 70.5 cm³/mol. The van der Waals surface area contributed by atoms with Crippen LogP contribution in [0.5, 0.6) is 5.75 Å². The van der Waals surface area contributed by atoms with E-state index >= 15 is 0 Å². The summed E-state index contributed by atoms with van der Waals surface area (Å²) in [5.74, 6) is 0.359. The van der Waals surface area contributed by atoms with E-state index in [-0.39, 0.29) is 6.10 Å². The number of halogens is 1. The summed E-state index contributed by atoms with van der Waals surface area (Å²) in [6.07, 6.45) is 0.344. The highest BCUT2D eigenvalue weighted by atomic mass is 127. The fourth-order valence-electron chi connectivity index (χ4n) is 0.966. The fourth-order valence-corrected chi connectivity index (χ4v) is 2.69. The molecule has 1 aromatic carbocycles. The van der Waals surface area contributed by atoms with E-state index in [0.29, 0.717) is 12.2 Å². The topological polar surface area (TPSA) is 55.8 Å². The second-order valence-corrected chi connectivity index (χ2v) is 5.81. The van der Waals surface area contributed by atoms with Gasteiger partial charge in [0.1, 0.15) is 5.75 Å². The Morgan fingerprint density at radius 3 is 2.69 bits per heavy atom. The molecule has 0 aromatic heterocycles. The van der Waals surface area contributed by atoms with Gasteiger partial charge in [-0.25, -0.2) is 4.57 Å². The molecule has 1 N–H and O–H groups in total. The monoisotopic (exact) mass is 356 g/mol. The Balaban J connectivity index is 2.73. The van der Waals surface area contributed by atoms with Gasteiger partial charge in [0, 0.05) is 0 Å². The van der Waals surface area contributed by atoms with Crippen molar-refractivity contribution in [3.05, 3.63) is 27.8 Å². The van der Waals surface area contributed by atoms with Crippen LogP contribution in [0.3, 0.4) is 0 Å². The van der Waals surface area contributed by atoms with Crippen LogP contribution in [0, 0.1) is 3.57 Å². The maximum absolute atomic E-state index is 11.6. The average Bonchev–Trinajstić information content (AvgIpc) is 2.20. The smallest absolute Gasteiger partial charge is 0.403 e. The van der Waals surface area contributed by atoms with Gasteiger partial charge in [-0.3, -0.25) is 9.42 Å². The molecule has 0 heterocycles. The maximum Gasteiger partial charge on any atom is 0.527 e. The van der Waals surface area contributed by atoms with E-state index in [1.54, 1.807) is 25.1 Å². The van der Waals surface area contributed by atoms with Gasteiger partial charge in [0.2, 0.25) is 0 Å². The zero-order chi connectivity index (χ0) is 12.2. The normalized spacial score (nSPS) is 16.5. The molecular weight excluding hydrogens is 342 g/mol. The Morgan fingerprint density at radius 1 is 1.50 bits per heavy atom. The predicted octanol–water partition coefficient (Wildman–Crippen LogP) is 3.59. The van der Waals surface area contributed by atoms with Crippen LogP contribution in [0.1, 0.15) is 20.3 Å². The van der Waals surface area contributed by atoms with Gasteiger partial charge in [-0.2, -0.15) is 0 Å². The van der Waals surface area contributed by atoms with Gasteiger partial charge in [-0.15, -0.1) is 0 Å². The zero-order valence-corrected chi connectivity index (χ0v) is 12.1. The first-order valence-electron chi connectivity index (χ1n) is 4.90. The first-order valence-corrected chi connectivity index (χ1v) is 7.47. The summed E-state index contributed by atoms with van der Waals surface area (Å²) in [4.78, 5) is 9.50. The summed E-state index contributed by atoms with van der Waals surface area (Å²) >= 11 is 2.03. The minimum atomic E-state index is -4.02. The maximum atomic E-state index is 11.6. The third-order valence-corrected chi connectivity index (χ3v) is 3.88. The molecule has 4 nitrogen and oxygen atoms in total. The van der Waals surface area contributed by atoms with Crippen LogP contribution in [-0.2, 0) is 9.09 Å². The highest BCUT2D eigenvalue weighted by Crippen LogP contribution is 2.46. The van der Waals surface area contributed by atoms with Crippen molar-refractivity contribution in [3.63, 3.8) is 0 Å². The first kappa shape index (κ1) is 14.0. The summed E-state index contributed by atoms with van der Waals surface area (Å²) in [7, 11) is -4.02. The van der Waals surface area contributed by atoms with Gasteiger partial charge in [0.15, 0.2) is 0 Å². The van der Waals surface area contributed by atoms with Crippen LogP contribution in [0.4, 0.5) is 0 Å². The third kappa shape index (κ3) is 4.41. The Bertz CT molecular complexity index is 396. The second-order valence-electron chi connectivity index (χ2n) is 3.31. The molecule has 6 heteroatoms. The molecule has 2 unspecified atom stereocenters. The van der Waals surface area contributed by atoms with E-state index in [4.69, 9.17) is 9.05 Å². The molecule has 2 atom stereocenters. The number of benzene rings is 1. The number of phosphoric ester groups is 1. The lowest BCUT2D eigenvalue weighted by molar-refractivity contribution is 0.147. The summed E-state index contributed by atoms with van der Waals surface area (Å²) in [5.41, 5.74) is 0. The van der Waals surface area contributed by atoms with Gasteiger partial charge in [0.25, 0.3) is 0 Å². The van der Waals surface area contributed by atoms with Crippen LogP contribution >= 0.6 is 30.4 Å². The lowest BCUT2D eigenvalue weighted by atomic mass is 10.3. The molecule has 1 aromatic rings. The molecule has 0 amide bonds. The quantitative estimate of drug-likeness (QED) is 0.647. The molecule has 0 spiro atoms. The van der Waals surface area contributed by atoms with E-state index in [1.807, 2.05) is 35.6 Å².